The van der Waals surface area contributed by atoms with E-state index in [1.807, 2.05) is 0 Å². The smallest absolute Gasteiger partial charge is 0.350 e. The van der Waals surface area contributed by atoms with Crippen molar-refractivity contribution in [1.29, 1.82) is 0 Å². The van der Waals surface area contributed by atoms with E-state index in [1.54, 1.807) is 19.2 Å². The third-order valence-electron chi connectivity index (χ3n) is 2.79. The second-order valence-electron chi connectivity index (χ2n) is 4.18. The van der Waals surface area contributed by atoms with Crippen LogP contribution in [0.4, 0.5) is 11.4 Å². The van der Waals surface area contributed by atoms with Crippen molar-refractivity contribution in [3.63, 3.8) is 0 Å². The quantitative estimate of drug-likeness (QED) is 0.746. The molecule has 0 aromatic carbocycles. The number of nitrogens with two attached hydrogens (primary N) is 1. The number of anilines is 2. The highest BCUT2D eigenvalue weighted by molar-refractivity contribution is 7.12. The molecule has 2 rings (SSSR count). The number of nitrogen functional groups attached to an aromatic ring is 1. The molecule has 0 spiro atoms. The van der Waals surface area contributed by atoms with Crippen LogP contribution < -0.4 is 11.1 Å². The molecular formula is C12H14N4O3S. The number of nitrogens with zero attached hydrogens (tertiary/aromatic N) is 1. The molecule has 0 bridgehead atoms. The van der Waals surface area contributed by atoms with Crippen molar-refractivity contribution >= 4 is 34.6 Å². The van der Waals surface area contributed by atoms with Gasteiger partial charge in [-0.25, -0.2) is 4.79 Å². The molecule has 106 valence electrons. The molecule has 2 aromatic rings. The summed E-state index contributed by atoms with van der Waals surface area (Å²) >= 11 is 1.21. The Kier molecular flexibility index (Phi) is 3.75. The highest BCUT2D eigenvalue weighted by Crippen LogP contribution is 2.29. The molecule has 2 heterocycles. The fourth-order valence-electron chi connectivity index (χ4n) is 1.63. The third kappa shape index (κ3) is 2.37. The molecular weight excluding hydrogens is 280 g/mol. The number of thiophene rings is 1. The maximum atomic E-state index is 12.1. The zero-order valence-corrected chi connectivity index (χ0v) is 12.1. The highest BCUT2D eigenvalue weighted by atomic mass is 32.1. The zero-order chi connectivity index (χ0) is 14.9. The minimum absolute atomic E-state index is 0.101. The van der Waals surface area contributed by atoms with E-state index in [-0.39, 0.29) is 11.4 Å². The first-order valence-corrected chi connectivity index (χ1v) is 6.61. The fraction of sp³-hybridized carbons (Fsp3) is 0.250. The van der Waals surface area contributed by atoms with E-state index < -0.39 is 11.9 Å². The molecule has 20 heavy (non-hydrogen) atoms. The Morgan fingerprint density at radius 2 is 2.15 bits per heavy atom. The standard InChI is InChI=1S/C12H14N4O3S/c1-5-4-20-10(12(18)19-3)8(5)14-11(17)9-7(13)6(2)15-16-9/h4H,13H2,1-3H3,(H,14,17)(H,15,16). The number of amides is 1. The van der Waals surface area contributed by atoms with Crippen molar-refractivity contribution in [2.45, 2.75) is 13.8 Å². The van der Waals surface area contributed by atoms with Gasteiger partial charge in [0.15, 0.2) is 5.69 Å². The van der Waals surface area contributed by atoms with Crippen molar-refractivity contribution in [3.05, 3.63) is 27.2 Å². The number of carbonyl (C=O) groups is 2. The van der Waals surface area contributed by atoms with E-state index in [4.69, 9.17) is 5.73 Å². The monoisotopic (exact) mass is 294 g/mol. The van der Waals surface area contributed by atoms with Crippen molar-refractivity contribution < 1.29 is 14.3 Å². The summed E-state index contributed by atoms with van der Waals surface area (Å²) in [6.07, 6.45) is 0. The first-order valence-electron chi connectivity index (χ1n) is 5.74. The van der Waals surface area contributed by atoms with Crippen LogP contribution in [0.25, 0.3) is 0 Å². The summed E-state index contributed by atoms with van der Waals surface area (Å²) in [4.78, 5) is 24.1. The maximum Gasteiger partial charge on any atom is 0.350 e. The van der Waals surface area contributed by atoms with E-state index in [0.717, 1.165) is 5.56 Å². The van der Waals surface area contributed by atoms with Crippen molar-refractivity contribution in [2.24, 2.45) is 0 Å². The molecule has 0 atom stereocenters. The highest BCUT2D eigenvalue weighted by Gasteiger charge is 2.21. The minimum atomic E-state index is -0.496. The molecule has 0 aliphatic carbocycles. The lowest BCUT2D eigenvalue weighted by Gasteiger charge is -2.06. The van der Waals surface area contributed by atoms with Gasteiger partial charge in [-0.3, -0.25) is 9.89 Å². The van der Waals surface area contributed by atoms with Gasteiger partial charge in [-0.1, -0.05) is 0 Å². The Morgan fingerprint density at radius 3 is 2.70 bits per heavy atom. The number of rotatable bonds is 3. The third-order valence-corrected chi connectivity index (χ3v) is 3.87. The zero-order valence-electron chi connectivity index (χ0n) is 11.2. The summed E-state index contributed by atoms with van der Waals surface area (Å²) in [6.45, 7) is 3.51. The number of nitrogens with one attached hydrogen (secondary N) is 2. The minimum Gasteiger partial charge on any atom is -0.465 e. The normalized spacial score (nSPS) is 10.3. The molecule has 0 radical (unpaired) electrons. The van der Waals surface area contributed by atoms with Crippen LogP contribution in [0.15, 0.2) is 5.38 Å². The van der Waals surface area contributed by atoms with Gasteiger partial charge in [0, 0.05) is 0 Å². The Balaban J connectivity index is 2.31. The Hall–Kier alpha value is -2.35. The summed E-state index contributed by atoms with van der Waals surface area (Å²) in [5.74, 6) is -0.969. The predicted octanol–water partition coefficient (Wildman–Crippen LogP) is 1.71. The lowest BCUT2D eigenvalue weighted by Crippen LogP contribution is -2.16. The lowest BCUT2D eigenvalue weighted by molar-refractivity contribution is 0.0607. The van der Waals surface area contributed by atoms with Crippen LogP contribution in [0.2, 0.25) is 0 Å². The van der Waals surface area contributed by atoms with Crippen molar-refractivity contribution in [1.82, 2.24) is 10.2 Å². The summed E-state index contributed by atoms with van der Waals surface area (Å²) in [5, 5.41) is 10.9. The molecule has 0 aliphatic heterocycles. The molecule has 0 aliphatic rings. The molecule has 4 N–H and O–H groups in total. The van der Waals surface area contributed by atoms with E-state index in [1.165, 1.54) is 18.4 Å². The first kappa shape index (κ1) is 14.1. The number of methoxy groups -OCH3 is 1. The van der Waals surface area contributed by atoms with Crippen molar-refractivity contribution in [2.75, 3.05) is 18.2 Å². The second kappa shape index (κ2) is 5.33. The van der Waals surface area contributed by atoms with Gasteiger partial charge >= 0.3 is 5.97 Å². The lowest BCUT2D eigenvalue weighted by atomic mass is 10.2. The van der Waals surface area contributed by atoms with Crippen LogP contribution in [-0.4, -0.2) is 29.2 Å². The number of aromatic nitrogens is 2. The molecule has 1 amide bonds. The maximum absolute atomic E-state index is 12.1. The molecule has 0 saturated carbocycles. The largest absolute Gasteiger partial charge is 0.465 e. The molecule has 0 fully saturated rings. The second-order valence-corrected chi connectivity index (χ2v) is 5.06. The van der Waals surface area contributed by atoms with E-state index in [9.17, 15) is 9.59 Å². The number of carbonyl (C=O) groups excluding carboxylic acids is 2. The van der Waals surface area contributed by atoms with Gasteiger partial charge in [0.25, 0.3) is 5.91 Å². The number of hydrogen-bond donors (Lipinski definition) is 3. The SMILES string of the molecule is COC(=O)c1scc(C)c1NC(=O)c1n[nH]c(C)c1N. The summed E-state index contributed by atoms with van der Waals surface area (Å²) in [5.41, 5.74) is 7.95. The number of aromatic amines is 1. The van der Waals surface area contributed by atoms with Gasteiger partial charge in [0.05, 0.1) is 24.2 Å². The summed E-state index contributed by atoms with van der Waals surface area (Å²) < 4.78 is 4.68. The van der Waals surface area contributed by atoms with Crippen LogP contribution in [-0.2, 0) is 4.74 Å². The van der Waals surface area contributed by atoms with Crippen LogP contribution in [0.5, 0.6) is 0 Å². The number of H-pyrrole nitrogens is 1. The first-order chi connectivity index (χ1) is 9.45. The average Bonchev–Trinajstić information content (AvgIpc) is 2.94. The van der Waals surface area contributed by atoms with Crippen LogP contribution in [0.1, 0.15) is 31.4 Å². The number of ether oxygens (including phenoxy) is 1. The Labute approximate surface area is 119 Å². The topological polar surface area (TPSA) is 110 Å². The number of aryl methyl sites for hydroxylation is 2. The van der Waals surface area contributed by atoms with Gasteiger partial charge in [-0.05, 0) is 24.8 Å². The van der Waals surface area contributed by atoms with Gasteiger partial charge < -0.3 is 15.8 Å². The molecule has 7 nitrogen and oxygen atoms in total. The van der Waals surface area contributed by atoms with Gasteiger partial charge in [0.1, 0.15) is 4.88 Å². The van der Waals surface area contributed by atoms with Gasteiger partial charge in [-0.15, -0.1) is 11.3 Å². The van der Waals surface area contributed by atoms with Crippen LogP contribution in [0.3, 0.4) is 0 Å². The van der Waals surface area contributed by atoms with Crippen molar-refractivity contribution in [3.8, 4) is 0 Å². The van der Waals surface area contributed by atoms with Gasteiger partial charge in [-0.2, -0.15) is 5.10 Å². The molecule has 0 saturated heterocycles. The van der Waals surface area contributed by atoms with Gasteiger partial charge in [0.2, 0.25) is 0 Å². The summed E-state index contributed by atoms with van der Waals surface area (Å²) in [6, 6.07) is 0. The number of hydrogen-bond acceptors (Lipinski definition) is 6. The Bertz CT molecular complexity index is 674. The summed E-state index contributed by atoms with van der Waals surface area (Å²) in [7, 11) is 1.29. The van der Waals surface area contributed by atoms with E-state index >= 15 is 0 Å². The van der Waals surface area contributed by atoms with Crippen LogP contribution >= 0.6 is 11.3 Å². The molecule has 2 aromatic heterocycles. The average molecular weight is 294 g/mol. The molecule has 0 unspecified atom stereocenters. The molecule has 8 heteroatoms. The van der Waals surface area contributed by atoms with Crippen LogP contribution in [0, 0.1) is 13.8 Å². The van der Waals surface area contributed by atoms with E-state index in [0.29, 0.717) is 16.3 Å². The fourth-order valence-corrected chi connectivity index (χ4v) is 2.55. The van der Waals surface area contributed by atoms with E-state index in [2.05, 4.69) is 20.3 Å². The number of esters is 1. The Morgan fingerprint density at radius 1 is 1.45 bits per heavy atom. The predicted molar refractivity (Wildman–Crippen MR) is 76.1 cm³/mol.